The van der Waals surface area contributed by atoms with Crippen LogP contribution in [0.25, 0.3) is 0 Å². The molecule has 0 saturated carbocycles. The van der Waals surface area contributed by atoms with Crippen LogP contribution in [0.2, 0.25) is 0 Å². The minimum absolute atomic E-state index is 0.224. The van der Waals surface area contributed by atoms with Gasteiger partial charge in [-0.15, -0.1) is 0 Å². The standard InChI is InChI=1S/C11H16N4O2/c1-17-9-10(14-7-15-11(9)16)13-6-8-2-4-12-5-3-8/h2,7,12H,3-6H2,1H3,(H2,13,14,15,16). The number of nitrogens with zero attached hydrogens (tertiary/aromatic N) is 1. The van der Waals surface area contributed by atoms with Crippen LogP contribution in [0.1, 0.15) is 6.42 Å². The summed E-state index contributed by atoms with van der Waals surface area (Å²) in [5, 5.41) is 6.37. The molecule has 6 heteroatoms. The Labute approximate surface area is 99.1 Å². The molecule has 0 amide bonds. The lowest BCUT2D eigenvalue weighted by Crippen LogP contribution is -2.23. The third kappa shape index (κ3) is 2.85. The van der Waals surface area contributed by atoms with E-state index >= 15 is 0 Å². The summed E-state index contributed by atoms with van der Waals surface area (Å²) >= 11 is 0. The molecule has 3 N–H and O–H groups in total. The summed E-state index contributed by atoms with van der Waals surface area (Å²) in [4.78, 5) is 18.0. The zero-order chi connectivity index (χ0) is 12.1. The lowest BCUT2D eigenvalue weighted by molar-refractivity contribution is 0.408. The molecule has 0 saturated heterocycles. The van der Waals surface area contributed by atoms with Crippen molar-refractivity contribution in [2.75, 3.05) is 32.1 Å². The molecule has 0 radical (unpaired) electrons. The Morgan fingerprint density at radius 3 is 3.18 bits per heavy atom. The van der Waals surface area contributed by atoms with E-state index in [0.29, 0.717) is 12.4 Å². The van der Waals surface area contributed by atoms with Gasteiger partial charge in [0.25, 0.3) is 5.56 Å². The van der Waals surface area contributed by atoms with Crippen LogP contribution in [0, 0.1) is 0 Å². The molecule has 0 aliphatic carbocycles. The Kier molecular flexibility index (Phi) is 3.77. The topological polar surface area (TPSA) is 79.0 Å². The number of methoxy groups -OCH3 is 1. The van der Waals surface area contributed by atoms with Crippen LogP contribution in [0.3, 0.4) is 0 Å². The van der Waals surface area contributed by atoms with Gasteiger partial charge in [0.05, 0.1) is 13.4 Å². The maximum Gasteiger partial charge on any atom is 0.295 e. The summed E-state index contributed by atoms with van der Waals surface area (Å²) in [7, 11) is 1.46. The van der Waals surface area contributed by atoms with Crippen molar-refractivity contribution >= 4 is 5.82 Å². The van der Waals surface area contributed by atoms with E-state index in [4.69, 9.17) is 4.74 Å². The predicted molar refractivity (Wildman–Crippen MR) is 65.5 cm³/mol. The monoisotopic (exact) mass is 236 g/mol. The van der Waals surface area contributed by atoms with E-state index in [-0.39, 0.29) is 11.3 Å². The second-order valence-electron chi connectivity index (χ2n) is 3.78. The van der Waals surface area contributed by atoms with Crippen LogP contribution in [0.4, 0.5) is 5.82 Å². The molecule has 92 valence electrons. The third-order valence-electron chi connectivity index (χ3n) is 2.66. The van der Waals surface area contributed by atoms with Gasteiger partial charge in [0.1, 0.15) is 0 Å². The molecule has 0 bridgehead atoms. The van der Waals surface area contributed by atoms with Crippen molar-refractivity contribution in [3.63, 3.8) is 0 Å². The second kappa shape index (κ2) is 5.49. The number of hydrogen-bond donors (Lipinski definition) is 3. The number of nitrogens with one attached hydrogen (secondary N) is 3. The minimum Gasteiger partial charge on any atom is -0.489 e. The molecule has 6 nitrogen and oxygen atoms in total. The molecule has 0 atom stereocenters. The third-order valence-corrected chi connectivity index (χ3v) is 2.66. The summed E-state index contributed by atoms with van der Waals surface area (Å²) in [6.07, 6.45) is 4.53. The van der Waals surface area contributed by atoms with E-state index in [1.165, 1.54) is 19.0 Å². The van der Waals surface area contributed by atoms with Crippen molar-refractivity contribution in [1.29, 1.82) is 0 Å². The normalized spacial score (nSPS) is 15.2. The molecule has 0 spiro atoms. The first-order valence-corrected chi connectivity index (χ1v) is 5.55. The summed E-state index contributed by atoms with van der Waals surface area (Å²) < 4.78 is 5.02. The smallest absolute Gasteiger partial charge is 0.295 e. The van der Waals surface area contributed by atoms with Gasteiger partial charge in [0.2, 0.25) is 5.75 Å². The van der Waals surface area contributed by atoms with Gasteiger partial charge in [-0.2, -0.15) is 0 Å². The molecule has 17 heavy (non-hydrogen) atoms. The van der Waals surface area contributed by atoms with Gasteiger partial charge in [-0.1, -0.05) is 11.6 Å². The van der Waals surface area contributed by atoms with E-state index in [1.807, 2.05) is 0 Å². The number of hydrogen-bond acceptors (Lipinski definition) is 5. The Bertz CT molecular complexity index is 467. The maximum atomic E-state index is 11.4. The Hall–Kier alpha value is -1.82. The summed E-state index contributed by atoms with van der Waals surface area (Å²) in [6, 6.07) is 0. The first kappa shape index (κ1) is 11.7. The fourth-order valence-electron chi connectivity index (χ4n) is 1.73. The largest absolute Gasteiger partial charge is 0.489 e. The highest BCUT2D eigenvalue weighted by atomic mass is 16.5. The molecular formula is C11H16N4O2. The van der Waals surface area contributed by atoms with Gasteiger partial charge in [-0.25, -0.2) is 4.98 Å². The van der Waals surface area contributed by atoms with Crippen molar-refractivity contribution in [3.8, 4) is 5.75 Å². The molecule has 1 aromatic heterocycles. The molecule has 0 aromatic carbocycles. The fraction of sp³-hybridized carbons (Fsp3) is 0.455. The van der Waals surface area contributed by atoms with Crippen molar-refractivity contribution in [1.82, 2.24) is 15.3 Å². The van der Waals surface area contributed by atoms with Gasteiger partial charge in [-0.3, -0.25) is 4.79 Å². The Balaban J connectivity index is 2.06. The van der Waals surface area contributed by atoms with E-state index in [2.05, 4.69) is 26.7 Å². The first-order valence-electron chi connectivity index (χ1n) is 5.55. The summed E-state index contributed by atoms with van der Waals surface area (Å²) in [5.41, 5.74) is 1.04. The number of anilines is 1. The van der Waals surface area contributed by atoms with E-state index in [9.17, 15) is 4.79 Å². The van der Waals surface area contributed by atoms with E-state index in [1.54, 1.807) is 0 Å². The van der Waals surface area contributed by atoms with Crippen molar-refractivity contribution < 1.29 is 4.74 Å². The average Bonchev–Trinajstić information content (AvgIpc) is 2.37. The van der Waals surface area contributed by atoms with Crippen molar-refractivity contribution in [2.45, 2.75) is 6.42 Å². The van der Waals surface area contributed by atoms with E-state index < -0.39 is 0 Å². The lowest BCUT2D eigenvalue weighted by atomic mass is 10.1. The Morgan fingerprint density at radius 2 is 2.47 bits per heavy atom. The van der Waals surface area contributed by atoms with Gasteiger partial charge in [-0.05, 0) is 13.0 Å². The van der Waals surface area contributed by atoms with Crippen LogP contribution < -0.4 is 20.9 Å². The lowest BCUT2D eigenvalue weighted by Gasteiger charge is -2.15. The highest BCUT2D eigenvalue weighted by Crippen LogP contribution is 2.15. The highest BCUT2D eigenvalue weighted by molar-refractivity contribution is 5.48. The van der Waals surface area contributed by atoms with Gasteiger partial charge >= 0.3 is 0 Å². The SMILES string of the molecule is COc1c(NCC2=CCNCC2)nc[nH]c1=O. The minimum atomic E-state index is -0.274. The number of aromatic nitrogens is 2. The highest BCUT2D eigenvalue weighted by Gasteiger charge is 2.09. The Morgan fingerprint density at radius 1 is 1.59 bits per heavy atom. The predicted octanol–water partition coefficient (Wildman–Crippen LogP) is 0.110. The van der Waals surface area contributed by atoms with Crippen LogP contribution in [-0.4, -0.2) is 36.7 Å². The first-order chi connectivity index (χ1) is 8.31. The fourth-order valence-corrected chi connectivity index (χ4v) is 1.73. The van der Waals surface area contributed by atoms with Crippen molar-refractivity contribution in [2.24, 2.45) is 0 Å². The molecule has 2 heterocycles. The molecule has 0 fully saturated rings. The molecular weight excluding hydrogens is 220 g/mol. The average molecular weight is 236 g/mol. The quantitative estimate of drug-likeness (QED) is 0.647. The zero-order valence-electron chi connectivity index (χ0n) is 9.75. The zero-order valence-corrected chi connectivity index (χ0v) is 9.75. The molecule has 1 aliphatic rings. The second-order valence-corrected chi connectivity index (χ2v) is 3.78. The van der Waals surface area contributed by atoms with Crippen LogP contribution >= 0.6 is 0 Å². The van der Waals surface area contributed by atoms with Gasteiger partial charge < -0.3 is 20.4 Å². The number of aromatic amines is 1. The van der Waals surface area contributed by atoms with E-state index in [0.717, 1.165) is 19.5 Å². The summed E-state index contributed by atoms with van der Waals surface area (Å²) in [6.45, 7) is 2.58. The van der Waals surface area contributed by atoms with Gasteiger partial charge in [0.15, 0.2) is 5.82 Å². The molecule has 2 rings (SSSR count). The van der Waals surface area contributed by atoms with Crippen LogP contribution in [0.15, 0.2) is 22.8 Å². The number of ether oxygens (including phenoxy) is 1. The van der Waals surface area contributed by atoms with Crippen molar-refractivity contribution in [3.05, 3.63) is 28.3 Å². The van der Waals surface area contributed by atoms with Crippen LogP contribution in [0.5, 0.6) is 5.75 Å². The summed E-state index contributed by atoms with van der Waals surface area (Å²) in [5.74, 6) is 0.706. The maximum absolute atomic E-state index is 11.4. The molecule has 0 unspecified atom stereocenters. The number of H-pyrrole nitrogens is 1. The number of rotatable bonds is 4. The van der Waals surface area contributed by atoms with Gasteiger partial charge in [0, 0.05) is 13.1 Å². The van der Waals surface area contributed by atoms with Crippen LogP contribution in [-0.2, 0) is 0 Å². The molecule has 1 aromatic rings. The molecule has 1 aliphatic heterocycles.